The summed E-state index contributed by atoms with van der Waals surface area (Å²) < 4.78 is 0. The van der Waals surface area contributed by atoms with Gasteiger partial charge in [0.15, 0.2) is 5.84 Å². The van der Waals surface area contributed by atoms with E-state index in [2.05, 4.69) is 10.1 Å². The lowest BCUT2D eigenvalue weighted by atomic mass is 10.2. The molecule has 1 heterocycles. The van der Waals surface area contributed by atoms with Crippen LogP contribution in [0.5, 0.6) is 0 Å². The standard InChI is InChI=1S/C7H10N4O/c1-4-2-5(7(9)11-12)3-10-6(4)8/h2-3,12H,1H3,(H2,8,10)(H2,9,11). The molecule has 0 fully saturated rings. The van der Waals surface area contributed by atoms with E-state index in [1.165, 1.54) is 6.20 Å². The van der Waals surface area contributed by atoms with Gasteiger partial charge in [0, 0.05) is 11.8 Å². The maximum Gasteiger partial charge on any atom is 0.171 e. The number of pyridine rings is 1. The molecule has 0 bridgehead atoms. The maximum atomic E-state index is 8.35. The van der Waals surface area contributed by atoms with Crippen molar-refractivity contribution in [2.45, 2.75) is 6.92 Å². The Kier molecular flexibility index (Phi) is 2.14. The van der Waals surface area contributed by atoms with Crippen molar-refractivity contribution in [1.82, 2.24) is 4.98 Å². The number of nitrogens with two attached hydrogens (primary N) is 2. The number of rotatable bonds is 1. The molecule has 1 aromatic heterocycles. The summed E-state index contributed by atoms with van der Waals surface area (Å²) in [7, 11) is 0. The molecule has 1 aromatic rings. The smallest absolute Gasteiger partial charge is 0.171 e. The van der Waals surface area contributed by atoms with Gasteiger partial charge >= 0.3 is 0 Å². The highest BCUT2D eigenvalue weighted by atomic mass is 16.4. The van der Waals surface area contributed by atoms with E-state index in [0.717, 1.165) is 5.56 Å². The number of anilines is 1. The van der Waals surface area contributed by atoms with Crippen molar-refractivity contribution in [2.75, 3.05) is 5.73 Å². The van der Waals surface area contributed by atoms with Crippen molar-refractivity contribution < 1.29 is 5.21 Å². The van der Waals surface area contributed by atoms with Crippen LogP contribution >= 0.6 is 0 Å². The highest BCUT2D eigenvalue weighted by Gasteiger charge is 2.01. The number of nitrogen functional groups attached to an aromatic ring is 1. The van der Waals surface area contributed by atoms with Crippen molar-refractivity contribution >= 4 is 11.7 Å². The number of oxime groups is 1. The maximum absolute atomic E-state index is 8.35. The predicted molar refractivity (Wildman–Crippen MR) is 45.9 cm³/mol. The SMILES string of the molecule is Cc1cc(/C(N)=N/O)cnc1N. The Morgan fingerprint density at radius 1 is 1.67 bits per heavy atom. The summed E-state index contributed by atoms with van der Waals surface area (Å²) in [5.41, 5.74) is 12.2. The Morgan fingerprint density at radius 2 is 2.33 bits per heavy atom. The Hall–Kier alpha value is -1.78. The van der Waals surface area contributed by atoms with Gasteiger partial charge in [0.25, 0.3) is 0 Å². The van der Waals surface area contributed by atoms with Crippen LogP contribution < -0.4 is 11.5 Å². The van der Waals surface area contributed by atoms with Gasteiger partial charge in [-0.05, 0) is 18.6 Å². The van der Waals surface area contributed by atoms with Crippen molar-refractivity contribution in [1.29, 1.82) is 0 Å². The van der Waals surface area contributed by atoms with Crippen molar-refractivity contribution in [3.8, 4) is 0 Å². The monoisotopic (exact) mass is 166 g/mol. The van der Waals surface area contributed by atoms with Crippen LogP contribution in [0.25, 0.3) is 0 Å². The van der Waals surface area contributed by atoms with E-state index in [1.807, 2.05) is 0 Å². The molecular weight excluding hydrogens is 156 g/mol. The summed E-state index contributed by atoms with van der Waals surface area (Å²) in [5, 5.41) is 11.2. The van der Waals surface area contributed by atoms with Crippen LogP contribution in [0.4, 0.5) is 5.82 Å². The minimum absolute atomic E-state index is 0.0330. The average Bonchev–Trinajstić information content (AvgIpc) is 2.08. The number of amidine groups is 1. The molecule has 0 aliphatic carbocycles. The summed E-state index contributed by atoms with van der Waals surface area (Å²) >= 11 is 0. The molecule has 0 spiro atoms. The Balaban J connectivity index is 3.13. The van der Waals surface area contributed by atoms with E-state index >= 15 is 0 Å². The average molecular weight is 166 g/mol. The molecule has 12 heavy (non-hydrogen) atoms. The summed E-state index contributed by atoms with van der Waals surface area (Å²) in [4.78, 5) is 3.85. The van der Waals surface area contributed by atoms with Crippen LogP contribution in [-0.4, -0.2) is 16.0 Å². The summed E-state index contributed by atoms with van der Waals surface area (Å²) in [6.07, 6.45) is 1.46. The zero-order valence-corrected chi connectivity index (χ0v) is 6.65. The first kappa shape index (κ1) is 8.32. The second-order valence-electron chi connectivity index (χ2n) is 2.41. The van der Waals surface area contributed by atoms with Gasteiger partial charge in [-0.2, -0.15) is 0 Å². The molecule has 5 nitrogen and oxygen atoms in total. The van der Waals surface area contributed by atoms with Crippen molar-refractivity contribution in [3.05, 3.63) is 23.4 Å². The largest absolute Gasteiger partial charge is 0.409 e. The summed E-state index contributed by atoms with van der Waals surface area (Å²) in [6, 6.07) is 1.71. The molecule has 0 aliphatic heterocycles. The first-order valence-corrected chi connectivity index (χ1v) is 3.35. The van der Waals surface area contributed by atoms with Crippen LogP contribution in [-0.2, 0) is 0 Å². The third kappa shape index (κ3) is 1.45. The number of aryl methyl sites for hydroxylation is 1. The molecule has 5 N–H and O–H groups in total. The van der Waals surface area contributed by atoms with E-state index in [-0.39, 0.29) is 5.84 Å². The van der Waals surface area contributed by atoms with E-state index in [4.69, 9.17) is 16.7 Å². The van der Waals surface area contributed by atoms with E-state index < -0.39 is 0 Å². The van der Waals surface area contributed by atoms with Gasteiger partial charge in [0.2, 0.25) is 0 Å². The van der Waals surface area contributed by atoms with E-state index in [1.54, 1.807) is 13.0 Å². The van der Waals surface area contributed by atoms with Gasteiger partial charge in [-0.15, -0.1) is 0 Å². The predicted octanol–water partition coefficient (Wildman–Crippen LogP) is 0.0667. The van der Waals surface area contributed by atoms with E-state index in [0.29, 0.717) is 11.4 Å². The lowest BCUT2D eigenvalue weighted by Crippen LogP contribution is -2.14. The zero-order chi connectivity index (χ0) is 9.14. The molecule has 0 aromatic carbocycles. The summed E-state index contributed by atoms with van der Waals surface area (Å²) in [5.74, 6) is 0.482. The van der Waals surface area contributed by atoms with E-state index in [9.17, 15) is 0 Å². The number of hydrogen-bond acceptors (Lipinski definition) is 4. The van der Waals surface area contributed by atoms with Crippen LogP contribution in [0, 0.1) is 6.92 Å². The second kappa shape index (κ2) is 3.08. The zero-order valence-electron chi connectivity index (χ0n) is 6.65. The van der Waals surface area contributed by atoms with Gasteiger partial charge in [-0.1, -0.05) is 5.16 Å². The molecular formula is C7H10N4O. The minimum Gasteiger partial charge on any atom is -0.409 e. The van der Waals surface area contributed by atoms with Crippen molar-refractivity contribution in [2.24, 2.45) is 10.9 Å². The van der Waals surface area contributed by atoms with Crippen LogP contribution in [0.2, 0.25) is 0 Å². The first-order valence-electron chi connectivity index (χ1n) is 3.35. The lowest BCUT2D eigenvalue weighted by molar-refractivity contribution is 0.318. The molecule has 0 aliphatic rings. The van der Waals surface area contributed by atoms with Crippen LogP contribution in [0.1, 0.15) is 11.1 Å². The molecule has 1 rings (SSSR count). The van der Waals surface area contributed by atoms with Gasteiger partial charge in [-0.3, -0.25) is 0 Å². The highest BCUT2D eigenvalue weighted by molar-refractivity contribution is 5.97. The molecule has 0 saturated carbocycles. The lowest BCUT2D eigenvalue weighted by Gasteiger charge is -2.01. The number of nitrogens with zero attached hydrogens (tertiary/aromatic N) is 2. The molecule has 0 atom stereocenters. The van der Waals surface area contributed by atoms with Crippen LogP contribution in [0.15, 0.2) is 17.4 Å². The third-order valence-corrected chi connectivity index (χ3v) is 1.52. The second-order valence-corrected chi connectivity index (χ2v) is 2.41. The van der Waals surface area contributed by atoms with Gasteiger partial charge < -0.3 is 16.7 Å². The summed E-state index contributed by atoms with van der Waals surface area (Å²) in [6.45, 7) is 1.80. The first-order chi connectivity index (χ1) is 5.65. The topological polar surface area (TPSA) is 97.5 Å². The molecule has 0 unspecified atom stereocenters. The molecule has 64 valence electrons. The quantitative estimate of drug-likeness (QED) is 0.238. The normalized spacial score (nSPS) is 11.6. The van der Waals surface area contributed by atoms with Crippen LogP contribution in [0.3, 0.4) is 0 Å². The molecule has 0 radical (unpaired) electrons. The Bertz CT molecular complexity index is 321. The molecule has 5 heteroatoms. The Morgan fingerprint density at radius 3 is 2.83 bits per heavy atom. The fourth-order valence-corrected chi connectivity index (χ4v) is 0.783. The highest BCUT2D eigenvalue weighted by Crippen LogP contribution is 2.08. The molecule has 0 amide bonds. The third-order valence-electron chi connectivity index (χ3n) is 1.52. The minimum atomic E-state index is 0.0330. The fraction of sp³-hybridized carbons (Fsp3) is 0.143. The van der Waals surface area contributed by atoms with Gasteiger partial charge in [0.1, 0.15) is 5.82 Å². The molecule has 0 saturated heterocycles. The van der Waals surface area contributed by atoms with Crippen molar-refractivity contribution in [3.63, 3.8) is 0 Å². The van der Waals surface area contributed by atoms with Gasteiger partial charge in [-0.25, -0.2) is 4.98 Å². The van der Waals surface area contributed by atoms with Gasteiger partial charge in [0.05, 0.1) is 0 Å². The fourth-order valence-electron chi connectivity index (χ4n) is 0.783. The Labute approximate surface area is 69.7 Å². The number of hydrogen-bond donors (Lipinski definition) is 3. The number of aromatic nitrogens is 1.